The number of halogens is 2. The molecule has 0 aliphatic carbocycles. The van der Waals surface area contributed by atoms with Gasteiger partial charge in [0.05, 0.1) is 0 Å². The Hall–Kier alpha value is -1.98. The standard InChI is InChI=1S/C10H9F2NO3/c1-10(5-14,16-9(13)15)6-2-7(11)4-8(12)3-6/h2-5H,1H3,(H2,13,15). The van der Waals surface area contributed by atoms with Crippen LogP contribution in [0.15, 0.2) is 18.2 Å². The van der Waals surface area contributed by atoms with Crippen molar-refractivity contribution < 1.29 is 23.1 Å². The summed E-state index contributed by atoms with van der Waals surface area (Å²) in [6.45, 7) is 1.18. The Morgan fingerprint density at radius 3 is 2.25 bits per heavy atom. The summed E-state index contributed by atoms with van der Waals surface area (Å²) in [6.07, 6.45) is -0.967. The number of rotatable bonds is 3. The molecule has 4 nitrogen and oxygen atoms in total. The zero-order valence-electron chi connectivity index (χ0n) is 8.37. The van der Waals surface area contributed by atoms with E-state index < -0.39 is 23.3 Å². The van der Waals surface area contributed by atoms with E-state index in [2.05, 4.69) is 4.74 Å². The summed E-state index contributed by atoms with van der Waals surface area (Å²) >= 11 is 0. The zero-order chi connectivity index (χ0) is 12.3. The summed E-state index contributed by atoms with van der Waals surface area (Å²) in [5, 5.41) is 0. The van der Waals surface area contributed by atoms with Gasteiger partial charge in [-0.25, -0.2) is 13.6 Å². The molecule has 1 aromatic rings. The van der Waals surface area contributed by atoms with E-state index in [-0.39, 0.29) is 11.8 Å². The lowest BCUT2D eigenvalue weighted by Gasteiger charge is -2.22. The summed E-state index contributed by atoms with van der Waals surface area (Å²) in [5.74, 6) is -1.76. The summed E-state index contributed by atoms with van der Waals surface area (Å²) < 4.78 is 30.3. The molecule has 0 fully saturated rings. The van der Waals surface area contributed by atoms with Crippen LogP contribution in [0.4, 0.5) is 13.6 Å². The minimum absolute atomic E-state index is 0.126. The molecular formula is C10H9F2NO3. The van der Waals surface area contributed by atoms with Crippen LogP contribution in [0.25, 0.3) is 0 Å². The van der Waals surface area contributed by atoms with Crippen LogP contribution in [0.2, 0.25) is 0 Å². The van der Waals surface area contributed by atoms with E-state index in [1.165, 1.54) is 6.92 Å². The number of primary amides is 1. The first kappa shape index (κ1) is 12.1. The van der Waals surface area contributed by atoms with Crippen molar-refractivity contribution in [3.63, 3.8) is 0 Å². The third-order valence-electron chi connectivity index (χ3n) is 1.97. The molecule has 0 aliphatic heterocycles. The number of hydrogen-bond donors (Lipinski definition) is 1. The largest absolute Gasteiger partial charge is 0.431 e. The molecule has 1 atom stereocenters. The van der Waals surface area contributed by atoms with Gasteiger partial charge in [-0.2, -0.15) is 0 Å². The van der Waals surface area contributed by atoms with Crippen molar-refractivity contribution in [3.05, 3.63) is 35.4 Å². The van der Waals surface area contributed by atoms with E-state index in [0.717, 1.165) is 12.1 Å². The van der Waals surface area contributed by atoms with Gasteiger partial charge in [0.15, 0.2) is 11.9 Å². The second-order valence-corrected chi connectivity index (χ2v) is 3.30. The first-order chi connectivity index (χ1) is 7.37. The lowest BCUT2D eigenvalue weighted by molar-refractivity contribution is -0.123. The Morgan fingerprint density at radius 2 is 1.88 bits per heavy atom. The number of carbonyl (C=O) groups is 2. The predicted octanol–water partition coefficient (Wildman–Crippen LogP) is 1.47. The zero-order valence-corrected chi connectivity index (χ0v) is 8.37. The molecule has 0 saturated heterocycles. The molecule has 6 heteroatoms. The van der Waals surface area contributed by atoms with Crippen LogP contribution in [0.5, 0.6) is 0 Å². The van der Waals surface area contributed by atoms with Gasteiger partial charge in [0, 0.05) is 11.6 Å². The Kier molecular flexibility index (Phi) is 3.22. The molecule has 1 unspecified atom stereocenters. The number of nitrogens with two attached hydrogens (primary N) is 1. The smallest absolute Gasteiger partial charge is 0.405 e. The van der Waals surface area contributed by atoms with Gasteiger partial charge < -0.3 is 10.5 Å². The minimum Gasteiger partial charge on any atom is -0.431 e. The maximum atomic E-state index is 12.9. The molecule has 0 bridgehead atoms. The molecule has 1 amide bonds. The fraction of sp³-hybridized carbons (Fsp3) is 0.200. The highest BCUT2D eigenvalue weighted by Gasteiger charge is 2.31. The minimum atomic E-state index is -1.80. The summed E-state index contributed by atoms with van der Waals surface area (Å²) in [4.78, 5) is 21.4. The topological polar surface area (TPSA) is 69.4 Å². The third kappa shape index (κ3) is 2.53. The van der Waals surface area contributed by atoms with Gasteiger partial charge in [-0.1, -0.05) is 0 Å². The van der Waals surface area contributed by atoms with Crippen LogP contribution in [-0.4, -0.2) is 12.4 Å². The molecule has 1 rings (SSSR count). The number of hydrogen-bond acceptors (Lipinski definition) is 3. The molecule has 1 aromatic carbocycles. The third-order valence-corrected chi connectivity index (χ3v) is 1.97. The number of ether oxygens (including phenoxy) is 1. The van der Waals surface area contributed by atoms with Crippen LogP contribution >= 0.6 is 0 Å². The quantitative estimate of drug-likeness (QED) is 0.798. The van der Waals surface area contributed by atoms with Gasteiger partial charge in [0.1, 0.15) is 11.6 Å². The van der Waals surface area contributed by atoms with Crippen molar-refractivity contribution in [2.75, 3.05) is 0 Å². The van der Waals surface area contributed by atoms with Gasteiger partial charge in [-0.15, -0.1) is 0 Å². The molecule has 86 valence electrons. The molecule has 0 saturated carbocycles. The second-order valence-electron chi connectivity index (χ2n) is 3.30. The van der Waals surface area contributed by atoms with Gasteiger partial charge in [0.25, 0.3) is 0 Å². The number of benzene rings is 1. The highest BCUT2D eigenvalue weighted by atomic mass is 19.1. The fourth-order valence-corrected chi connectivity index (χ4v) is 1.20. The molecule has 0 aliphatic rings. The molecule has 16 heavy (non-hydrogen) atoms. The van der Waals surface area contributed by atoms with Gasteiger partial charge in [-0.3, -0.25) is 4.79 Å². The van der Waals surface area contributed by atoms with Crippen LogP contribution < -0.4 is 5.73 Å². The summed E-state index contributed by atoms with van der Waals surface area (Å²) in [5.41, 5.74) is 2.84. The SMILES string of the molecule is CC(C=O)(OC(N)=O)c1cc(F)cc(F)c1. The van der Waals surface area contributed by atoms with Crippen molar-refractivity contribution in [3.8, 4) is 0 Å². The predicted molar refractivity (Wildman–Crippen MR) is 50.4 cm³/mol. The van der Waals surface area contributed by atoms with Crippen molar-refractivity contribution in [2.45, 2.75) is 12.5 Å². The van der Waals surface area contributed by atoms with Gasteiger partial charge in [0.2, 0.25) is 0 Å². The highest BCUT2D eigenvalue weighted by molar-refractivity contribution is 5.73. The van der Waals surface area contributed by atoms with Crippen molar-refractivity contribution in [1.29, 1.82) is 0 Å². The van der Waals surface area contributed by atoms with E-state index in [9.17, 15) is 18.4 Å². The lowest BCUT2D eigenvalue weighted by Crippen LogP contribution is -2.33. The molecule has 2 N–H and O–H groups in total. The molecule has 0 heterocycles. The van der Waals surface area contributed by atoms with E-state index in [1.807, 2.05) is 0 Å². The number of aldehydes is 1. The maximum Gasteiger partial charge on any atom is 0.405 e. The number of carbonyl (C=O) groups excluding carboxylic acids is 2. The fourth-order valence-electron chi connectivity index (χ4n) is 1.20. The van der Waals surface area contributed by atoms with Crippen molar-refractivity contribution in [2.24, 2.45) is 5.73 Å². The lowest BCUT2D eigenvalue weighted by atomic mass is 9.97. The van der Waals surface area contributed by atoms with Gasteiger partial charge in [-0.05, 0) is 19.1 Å². The average molecular weight is 229 g/mol. The first-order valence-electron chi connectivity index (χ1n) is 4.29. The normalized spacial score (nSPS) is 13.9. The Morgan fingerprint density at radius 1 is 1.38 bits per heavy atom. The summed E-state index contributed by atoms with van der Waals surface area (Å²) in [6, 6.07) is 2.42. The maximum absolute atomic E-state index is 12.9. The Labute approximate surface area is 90.0 Å². The first-order valence-corrected chi connectivity index (χ1v) is 4.29. The van der Waals surface area contributed by atoms with Crippen LogP contribution in [0, 0.1) is 11.6 Å². The highest BCUT2D eigenvalue weighted by Crippen LogP contribution is 2.24. The average Bonchev–Trinajstić information content (AvgIpc) is 2.15. The van der Waals surface area contributed by atoms with Crippen LogP contribution in [0.1, 0.15) is 12.5 Å². The van der Waals surface area contributed by atoms with Crippen LogP contribution in [0.3, 0.4) is 0 Å². The molecular weight excluding hydrogens is 220 g/mol. The van der Waals surface area contributed by atoms with Crippen molar-refractivity contribution in [1.82, 2.24) is 0 Å². The monoisotopic (exact) mass is 229 g/mol. The molecule has 0 spiro atoms. The van der Waals surface area contributed by atoms with E-state index in [0.29, 0.717) is 6.07 Å². The molecule has 0 aromatic heterocycles. The van der Waals surface area contributed by atoms with E-state index >= 15 is 0 Å². The Balaban J connectivity index is 3.21. The summed E-state index contributed by atoms with van der Waals surface area (Å²) in [7, 11) is 0. The van der Waals surface area contributed by atoms with E-state index in [1.54, 1.807) is 0 Å². The molecule has 0 radical (unpaired) electrons. The van der Waals surface area contributed by atoms with Crippen molar-refractivity contribution >= 4 is 12.4 Å². The number of amides is 1. The second kappa shape index (κ2) is 4.26. The Bertz CT molecular complexity index is 416. The van der Waals surface area contributed by atoms with Gasteiger partial charge >= 0.3 is 6.09 Å². The van der Waals surface area contributed by atoms with E-state index in [4.69, 9.17) is 5.73 Å². The van der Waals surface area contributed by atoms with Crippen LogP contribution in [-0.2, 0) is 15.1 Å².